The molecule has 0 saturated carbocycles. The number of hydrogen-bond acceptors (Lipinski definition) is 4. The molecule has 33 heavy (non-hydrogen) atoms. The van der Waals surface area contributed by atoms with Crippen molar-refractivity contribution in [1.29, 1.82) is 0 Å². The standard InChI is InChI=1S/C25H24N4O3S/c1-28(17-20-11-5-2-6-12-20)33(31,32)27-25(30)23-19-29(18-21-13-7-3-8-14-21)26-24(23)22-15-9-4-10-16-22/h2-16,19H,17-18H2,1H3,(H,27,30). The molecule has 0 unspecified atom stereocenters. The van der Waals surface area contributed by atoms with Gasteiger partial charge in [0.25, 0.3) is 5.91 Å². The van der Waals surface area contributed by atoms with E-state index in [2.05, 4.69) is 9.82 Å². The van der Waals surface area contributed by atoms with E-state index in [4.69, 9.17) is 0 Å². The highest BCUT2D eigenvalue weighted by Crippen LogP contribution is 2.23. The predicted octanol–water partition coefficient (Wildman–Crippen LogP) is 3.71. The Morgan fingerprint density at radius 2 is 1.42 bits per heavy atom. The first kappa shape index (κ1) is 22.4. The molecule has 0 aliphatic carbocycles. The van der Waals surface area contributed by atoms with Crippen LogP contribution in [0.2, 0.25) is 0 Å². The fraction of sp³-hybridized carbons (Fsp3) is 0.120. The van der Waals surface area contributed by atoms with Crippen LogP contribution in [0.1, 0.15) is 21.5 Å². The van der Waals surface area contributed by atoms with Gasteiger partial charge < -0.3 is 0 Å². The van der Waals surface area contributed by atoms with Crippen LogP contribution in [0, 0.1) is 0 Å². The van der Waals surface area contributed by atoms with Crippen LogP contribution in [-0.2, 0) is 23.3 Å². The Balaban J connectivity index is 1.60. The van der Waals surface area contributed by atoms with Gasteiger partial charge in [-0.1, -0.05) is 91.0 Å². The van der Waals surface area contributed by atoms with E-state index in [9.17, 15) is 13.2 Å². The topological polar surface area (TPSA) is 84.3 Å². The van der Waals surface area contributed by atoms with Crippen LogP contribution in [0.25, 0.3) is 11.3 Å². The van der Waals surface area contributed by atoms with E-state index in [0.29, 0.717) is 12.2 Å². The summed E-state index contributed by atoms with van der Waals surface area (Å²) in [4.78, 5) is 13.1. The molecule has 1 N–H and O–H groups in total. The lowest BCUT2D eigenvalue weighted by Gasteiger charge is -2.17. The third kappa shape index (κ3) is 5.54. The van der Waals surface area contributed by atoms with Gasteiger partial charge in [0.1, 0.15) is 5.69 Å². The van der Waals surface area contributed by atoms with Gasteiger partial charge in [-0.25, -0.2) is 4.72 Å². The summed E-state index contributed by atoms with van der Waals surface area (Å²) in [5.74, 6) is -0.729. The van der Waals surface area contributed by atoms with Crippen molar-refractivity contribution in [3.8, 4) is 11.3 Å². The van der Waals surface area contributed by atoms with Gasteiger partial charge in [-0.05, 0) is 11.1 Å². The molecule has 0 spiro atoms. The minimum atomic E-state index is -4.06. The number of hydrogen-bond donors (Lipinski definition) is 1. The smallest absolute Gasteiger partial charge is 0.268 e. The van der Waals surface area contributed by atoms with E-state index in [1.54, 1.807) is 10.9 Å². The second-order valence-corrected chi connectivity index (χ2v) is 9.40. The maximum absolute atomic E-state index is 13.1. The minimum absolute atomic E-state index is 0.141. The van der Waals surface area contributed by atoms with Crippen molar-refractivity contribution in [2.45, 2.75) is 13.1 Å². The summed E-state index contributed by atoms with van der Waals surface area (Å²) in [5, 5.41) is 4.59. The van der Waals surface area contributed by atoms with Crippen LogP contribution in [0.3, 0.4) is 0 Å². The molecule has 3 aromatic carbocycles. The number of carbonyl (C=O) groups excluding carboxylic acids is 1. The summed E-state index contributed by atoms with van der Waals surface area (Å²) < 4.78 is 30.6. The Labute approximate surface area is 193 Å². The average Bonchev–Trinajstić information content (AvgIpc) is 3.25. The van der Waals surface area contributed by atoms with Crippen LogP contribution in [0.5, 0.6) is 0 Å². The summed E-state index contributed by atoms with van der Waals surface area (Å²) in [6.45, 7) is 0.594. The fourth-order valence-corrected chi connectivity index (χ4v) is 4.24. The first-order valence-electron chi connectivity index (χ1n) is 10.4. The highest BCUT2D eigenvalue weighted by molar-refractivity contribution is 7.87. The second-order valence-electron chi connectivity index (χ2n) is 7.62. The van der Waals surface area contributed by atoms with Gasteiger partial charge in [0.05, 0.1) is 12.1 Å². The molecular formula is C25H24N4O3S. The van der Waals surface area contributed by atoms with Crippen molar-refractivity contribution >= 4 is 16.1 Å². The van der Waals surface area contributed by atoms with Gasteiger partial charge in [-0.2, -0.15) is 17.8 Å². The van der Waals surface area contributed by atoms with Crippen molar-refractivity contribution in [3.05, 3.63) is 114 Å². The van der Waals surface area contributed by atoms with E-state index in [-0.39, 0.29) is 12.1 Å². The van der Waals surface area contributed by atoms with Crippen LogP contribution < -0.4 is 4.72 Å². The summed E-state index contributed by atoms with van der Waals surface area (Å²) in [6, 6.07) is 28.1. The molecule has 4 rings (SSSR count). The molecule has 0 saturated heterocycles. The number of benzene rings is 3. The van der Waals surface area contributed by atoms with E-state index in [1.165, 1.54) is 7.05 Å². The lowest BCUT2D eigenvalue weighted by atomic mass is 10.1. The van der Waals surface area contributed by atoms with Crippen LogP contribution in [-0.4, -0.2) is 35.5 Å². The Bertz CT molecular complexity index is 1320. The van der Waals surface area contributed by atoms with Crippen molar-refractivity contribution in [2.24, 2.45) is 0 Å². The van der Waals surface area contributed by atoms with Gasteiger partial charge in [-0.3, -0.25) is 9.48 Å². The number of rotatable bonds is 8. The molecular weight excluding hydrogens is 436 g/mol. The van der Waals surface area contributed by atoms with Gasteiger partial charge in [-0.15, -0.1) is 0 Å². The zero-order valence-electron chi connectivity index (χ0n) is 18.1. The molecule has 8 heteroatoms. The maximum atomic E-state index is 13.1. The molecule has 0 atom stereocenters. The van der Waals surface area contributed by atoms with Gasteiger partial charge >= 0.3 is 10.2 Å². The molecule has 0 bridgehead atoms. The molecule has 1 heterocycles. The molecule has 168 valence electrons. The molecule has 1 amide bonds. The predicted molar refractivity (Wildman–Crippen MR) is 128 cm³/mol. The van der Waals surface area contributed by atoms with Crippen LogP contribution in [0.4, 0.5) is 0 Å². The van der Waals surface area contributed by atoms with Gasteiger partial charge in [0.2, 0.25) is 0 Å². The number of nitrogens with one attached hydrogen (secondary N) is 1. The lowest BCUT2D eigenvalue weighted by Crippen LogP contribution is -2.41. The van der Waals surface area contributed by atoms with E-state index >= 15 is 0 Å². The molecule has 7 nitrogen and oxygen atoms in total. The fourth-order valence-electron chi connectivity index (χ4n) is 3.42. The SMILES string of the molecule is CN(Cc1ccccc1)S(=O)(=O)NC(=O)c1cn(Cc2ccccc2)nc1-c1ccccc1. The largest absolute Gasteiger partial charge is 0.304 e. The Hall–Kier alpha value is -3.75. The van der Waals surface area contributed by atoms with Crippen LogP contribution in [0.15, 0.2) is 97.2 Å². The number of carbonyl (C=O) groups is 1. The lowest BCUT2D eigenvalue weighted by molar-refractivity contribution is 0.0979. The molecule has 0 aliphatic heterocycles. The second kappa shape index (κ2) is 9.81. The molecule has 0 radical (unpaired) electrons. The Morgan fingerprint density at radius 3 is 2.03 bits per heavy atom. The Morgan fingerprint density at radius 1 is 0.879 bits per heavy atom. The van der Waals surface area contributed by atoms with Crippen LogP contribution >= 0.6 is 0 Å². The normalized spacial score (nSPS) is 11.5. The highest BCUT2D eigenvalue weighted by Gasteiger charge is 2.25. The quantitative estimate of drug-likeness (QED) is 0.435. The van der Waals surface area contributed by atoms with E-state index in [1.807, 2.05) is 91.0 Å². The molecule has 0 fully saturated rings. The monoisotopic (exact) mass is 460 g/mol. The first-order valence-corrected chi connectivity index (χ1v) is 11.9. The van der Waals surface area contributed by atoms with E-state index < -0.39 is 16.1 Å². The summed E-state index contributed by atoms with van der Waals surface area (Å²) >= 11 is 0. The summed E-state index contributed by atoms with van der Waals surface area (Å²) in [7, 11) is -2.63. The number of aromatic nitrogens is 2. The maximum Gasteiger partial charge on any atom is 0.304 e. The number of nitrogens with zero attached hydrogens (tertiary/aromatic N) is 3. The zero-order chi connectivity index (χ0) is 23.3. The van der Waals surface area contributed by atoms with Crippen molar-refractivity contribution in [2.75, 3.05) is 7.05 Å². The van der Waals surface area contributed by atoms with Crippen molar-refractivity contribution in [3.63, 3.8) is 0 Å². The zero-order valence-corrected chi connectivity index (χ0v) is 18.9. The van der Waals surface area contributed by atoms with Crippen molar-refractivity contribution < 1.29 is 13.2 Å². The van der Waals surface area contributed by atoms with E-state index in [0.717, 1.165) is 21.0 Å². The summed E-state index contributed by atoms with van der Waals surface area (Å²) in [6.07, 6.45) is 1.58. The van der Waals surface area contributed by atoms with Gasteiger partial charge in [0.15, 0.2) is 0 Å². The third-order valence-corrected chi connectivity index (χ3v) is 6.51. The third-order valence-electron chi connectivity index (χ3n) is 5.12. The number of amides is 1. The van der Waals surface area contributed by atoms with Crippen molar-refractivity contribution in [1.82, 2.24) is 18.8 Å². The van der Waals surface area contributed by atoms with Gasteiger partial charge in [0, 0.05) is 25.4 Å². The highest BCUT2D eigenvalue weighted by atomic mass is 32.2. The molecule has 0 aliphatic rings. The molecule has 1 aromatic heterocycles. The Kier molecular flexibility index (Phi) is 6.67. The summed E-state index contributed by atoms with van der Waals surface area (Å²) in [5.41, 5.74) is 3.17. The molecule has 4 aromatic rings. The average molecular weight is 461 g/mol. The first-order chi connectivity index (χ1) is 15.9. The minimum Gasteiger partial charge on any atom is -0.268 e.